The van der Waals surface area contributed by atoms with Crippen molar-refractivity contribution < 1.29 is 13.2 Å². The maximum Gasteiger partial charge on any atom is 0.214 e. The molecule has 3 heterocycles. The second-order valence-corrected chi connectivity index (χ2v) is 9.55. The summed E-state index contributed by atoms with van der Waals surface area (Å²) in [5, 5.41) is 7.22. The third-order valence-corrected chi connectivity index (χ3v) is 7.66. The number of ether oxygens (including phenoxy) is 1. The van der Waals surface area contributed by atoms with Crippen LogP contribution in [0.3, 0.4) is 0 Å². The first kappa shape index (κ1) is 16.5. The molecular weight excluding hydrogens is 328 g/mol. The van der Waals surface area contributed by atoms with Crippen LogP contribution in [0.2, 0.25) is 0 Å². The summed E-state index contributed by atoms with van der Waals surface area (Å²) in [6.07, 6.45) is 4.11. The predicted octanol–water partition coefficient (Wildman–Crippen LogP) is 1.29. The number of H-pyrrole nitrogens is 1. The van der Waals surface area contributed by atoms with E-state index in [1.807, 2.05) is 6.92 Å². The molecule has 2 aliphatic heterocycles. The Morgan fingerprint density at radius 1 is 1.21 bits per heavy atom. The van der Waals surface area contributed by atoms with Gasteiger partial charge in [0.05, 0.1) is 5.75 Å². The number of aryl methyl sites for hydroxylation is 1. The van der Waals surface area contributed by atoms with Crippen molar-refractivity contribution in [2.24, 2.45) is 17.8 Å². The SMILES string of the molecule is Cc1nc([C@@H]2CN(S(=O)(=O)CC3CCOCC3)C[C@H]2C2CC2)n[nH]1. The summed E-state index contributed by atoms with van der Waals surface area (Å²) < 4.78 is 32.9. The monoisotopic (exact) mass is 354 g/mol. The number of rotatable bonds is 5. The van der Waals surface area contributed by atoms with Crippen LogP contribution in [0.25, 0.3) is 0 Å². The smallest absolute Gasteiger partial charge is 0.214 e. The van der Waals surface area contributed by atoms with Crippen LogP contribution in [0.15, 0.2) is 0 Å². The number of sulfonamides is 1. The van der Waals surface area contributed by atoms with Gasteiger partial charge >= 0.3 is 0 Å². The number of nitrogens with one attached hydrogen (secondary N) is 1. The van der Waals surface area contributed by atoms with Crippen LogP contribution in [-0.4, -0.2) is 60.0 Å². The van der Waals surface area contributed by atoms with E-state index in [0.29, 0.717) is 38.1 Å². The maximum atomic E-state index is 12.9. The molecule has 7 nitrogen and oxygen atoms in total. The van der Waals surface area contributed by atoms with Crippen molar-refractivity contribution in [1.29, 1.82) is 0 Å². The Labute approximate surface area is 143 Å². The van der Waals surface area contributed by atoms with Crippen LogP contribution in [0, 0.1) is 24.7 Å². The zero-order chi connectivity index (χ0) is 16.7. The Bertz CT molecular complexity index is 679. The number of nitrogens with zero attached hydrogens (tertiary/aromatic N) is 3. The van der Waals surface area contributed by atoms with E-state index in [-0.39, 0.29) is 17.6 Å². The van der Waals surface area contributed by atoms with Crippen LogP contribution in [0.4, 0.5) is 0 Å². The summed E-state index contributed by atoms with van der Waals surface area (Å²) in [5.41, 5.74) is 0. The molecule has 0 aromatic carbocycles. The largest absolute Gasteiger partial charge is 0.381 e. The Morgan fingerprint density at radius 3 is 2.58 bits per heavy atom. The van der Waals surface area contributed by atoms with Gasteiger partial charge in [-0.05, 0) is 50.4 Å². The molecule has 3 aliphatic rings. The Kier molecular flexibility index (Phi) is 4.38. The molecule has 4 rings (SSSR count). The molecule has 3 fully saturated rings. The standard InChI is InChI=1S/C16H26N4O3S/c1-11-17-16(19-18-11)15-9-20(8-14(15)13-2-3-13)24(21,22)10-12-4-6-23-7-5-12/h12-15H,2-10H2,1H3,(H,17,18,19)/t14-,15+/m0/s1. The van der Waals surface area contributed by atoms with Crippen LogP contribution in [0.5, 0.6) is 0 Å². The average Bonchev–Trinajstić information content (AvgIpc) is 3.14. The van der Waals surface area contributed by atoms with Crippen LogP contribution < -0.4 is 0 Å². The lowest BCUT2D eigenvalue weighted by Gasteiger charge is -2.24. The van der Waals surface area contributed by atoms with E-state index in [0.717, 1.165) is 24.5 Å². The highest BCUT2D eigenvalue weighted by Crippen LogP contribution is 2.47. The van der Waals surface area contributed by atoms with E-state index >= 15 is 0 Å². The van der Waals surface area contributed by atoms with Crippen LogP contribution in [-0.2, 0) is 14.8 Å². The van der Waals surface area contributed by atoms with Gasteiger partial charge in [-0.1, -0.05) is 0 Å². The number of hydrogen-bond donors (Lipinski definition) is 1. The number of aromatic amines is 1. The third kappa shape index (κ3) is 3.36. The number of hydrogen-bond acceptors (Lipinski definition) is 5. The minimum Gasteiger partial charge on any atom is -0.381 e. The van der Waals surface area contributed by atoms with Gasteiger partial charge in [-0.15, -0.1) is 0 Å². The molecule has 0 bridgehead atoms. The van der Waals surface area contributed by atoms with Gasteiger partial charge in [0.15, 0.2) is 5.82 Å². The van der Waals surface area contributed by atoms with E-state index in [4.69, 9.17) is 4.74 Å². The van der Waals surface area contributed by atoms with Crippen molar-refractivity contribution in [2.75, 3.05) is 32.1 Å². The molecular formula is C16H26N4O3S. The molecule has 1 saturated carbocycles. The summed E-state index contributed by atoms with van der Waals surface area (Å²) in [6, 6.07) is 0. The first-order valence-corrected chi connectivity index (χ1v) is 10.6. The molecule has 0 amide bonds. The quantitative estimate of drug-likeness (QED) is 0.861. The zero-order valence-corrected chi connectivity index (χ0v) is 15.0. The molecule has 0 radical (unpaired) electrons. The predicted molar refractivity (Wildman–Crippen MR) is 89.0 cm³/mol. The summed E-state index contributed by atoms with van der Waals surface area (Å²) >= 11 is 0. The molecule has 8 heteroatoms. The maximum absolute atomic E-state index is 12.9. The molecule has 24 heavy (non-hydrogen) atoms. The van der Waals surface area contributed by atoms with Crippen molar-refractivity contribution in [3.8, 4) is 0 Å². The zero-order valence-electron chi connectivity index (χ0n) is 14.1. The van der Waals surface area contributed by atoms with Crippen molar-refractivity contribution >= 4 is 10.0 Å². The lowest BCUT2D eigenvalue weighted by molar-refractivity contribution is 0.0721. The normalized spacial score (nSPS) is 30.0. The molecule has 0 spiro atoms. The average molecular weight is 354 g/mol. The van der Waals surface area contributed by atoms with E-state index < -0.39 is 10.0 Å². The highest BCUT2D eigenvalue weighted by Gasteiger charge is 2.47. The van der Waals surface area contributed by atoms with Crippen LogP contribution >= 0.6 is 0 Å². The molecule has 1 aromatic heterocycles. The third-order valence-electron chi connectivity index (χ3n) is 5.69. The number of aromatic nitrogens is 3. The van der Waals surface area contributed by atoms with Gasteiger partial charge < -0.3 is 4.74 Å². The van der Waals surface area contributed by atoms with Gasteiger partial charge in [-0.2, -0.15) is 5.10 Å². The summed E-state index contributed by atoms with van der Waals surface area (Å²) in [6.45, 7) is 4.42. The fourth-order valence-corrected chi connectivity index (χ4v) is 6.06. The fraction of sp³-hybridized carbons (Fsp3) is 0.875. The van der Waals surface area contributed by atoms with E-state index in [9.17, 15) is 8.42 Å². The molecule has 1 aromatic rings. The molecule has 0 unspecified atom stereocenters. The molecule has 134 valence electrons. The van der Waals surface area contributed by atoms with Gasteiger partial charge in [-0.3, -0.25) is 5.10 Å². The molecule has 1 aliphatic carbocycles. The highest BCUT2D eigenvalue weighted by molar-refractivity contribution is 7.89. The highest BCUT2D eigenvalue weighted by atomic mass is 32.2. The molecule has 1 N–H and O–H groups in total. The Morgan fingerprint density at radius 2 is 1.96 bits per heavy atom. The summed E-state index contributed by atoms with van der Waals surface area (Å²) in [7, 11) is -3.22. The minimum atomic E-state index is -3.22. The van der Waals surface area contributed by atoms with E-state index in [2.05, 4.69) is 15.2 Å². The van der Waals surface area contributed by atoms with Crippen molar-refractivity contribution in [2.45, 2.75) is 38.5 Å². The van der Waals surface area contributed by atoms with E-state index in [1.54, 1.807) is 4.31 Å². The van der Waals surface area contributed by atoms with Crippen molar-refractivity contribution in [3.63, 3.8) is 0 Å². The van der Waals surface area contributed by atoms with Gasteiger partial charge in [0, 0.05) is 32.2 Å². The Balaban J connectivity index is 1.49. The summed E-state index contributed by atoms with van der Waals surface area (Å²) in [5.74, 6) is 3.20. The molecule has 2 atom stereocenters. The van der Waals surface area contributed by atoms with E-state index in [1.165, 1.54) is 12.8 Å². The van der Waals surface area contributed by atoms with Gasteiger partial charge in [0.2, 0.25) is 10.0 Å². The first-order chi connectivity index (χ1) is 11.5. The van der Waals surface area contributed by atoms with Crippen molar-refractivity contribution in [1.82, 2.24) is 19.5 Å². The lowest BCUT2D eigenvalue weighted by atomic mass is 9.91. The van der Waals surface area contributed by atoms with Gasteiger partial charge in [-0.25, -0.2) is 17.7 Å². The van der Waals surface area contributed by atoms with Crippen LogP contribution in [0.1, 0.15) is 43.3 Å². The lowest BCUT2D eigenvalue weighted by Crippen LogP contribution is -2.35. The summed E-state index contributed by atoms with van der Waals surface area (Å²) in [4.78, 5) is 4.48. The second-order valence-electron chi connectivity index (χ2n) is 7.54. The van der Waals surface area contributed by atoms with Gasteiger partial charge in [0.25, 0.3) is 0 Å². The van der Waals surface area contributed by atoms with Crippen molar-refractivity contribution in [3.05, 3.63) is 11.6 Å². The Hall–Kier alpha value is -0.990. The second kappa shape index (κ2) is 6.38. The van der Waals surface area contributed by atoms with Gasteiger partial charge in [0.1, 0.15) is 5.82 Å². The molecule has 2 saturated heterocycles. The fourth-order valence-electron chi connectivity index (χ4n) is 4.14. The minimum absolute atomic E-state index is 0.131. The topological polar surface area (TPSA) is 88.2 Å². The first-order valence-electron chi connectivity index (χ1n) is 8.97.